The molecule has 0 aromatic heterocycles. The Kier molecular flexibility index (Phi) is 8.78. The van der Waals surface area contributed by atoms with Crippen LogP contribution in [0, 0.1) is 0 Å². The minimum atomic E-state index is -3.07. The number of rotatable bonds is 1. The van der Waals surface area contributed by atoms with E-state index in [2.05, 4.69) is 4.58 Å². The molecule has 0 radical (unpaired) electrons. The fourth-order valence-electron chi connectivity index (χ4n) is 0. The van der Waals surface area contributed by atoms with E-state index in [0.717, 1.165) is 0 Å². The fourth-order valence-corrected chi connectivity index (χ4v) is 0. The number of hydrogen-bond donors (Lipinski definition) is 2. The summed E-state index contributed by atoms with van der Waals surface area (Å²) in [6.07, 6.45) is 0. The molecule has 0 unspecified atom stereocenters. The Morgan fingerprint density at radius 3 is 1.83 bits per heavy atom. The Bertz CT molecular complexity index is 42.8. The van der Waals surface area contributed by atoms with Gasteiger partial charge in [0.25, 0.3) is 0 Å². The third-order valence-electron chi connectivity index (χ3n) is 0.0781. The molecule has 6 heteroatoms. The predicted octanol–water partition coefficient (Wildman–Crippen LogP) is -1.12. The quantitative estimate of drug-likeness (QED) is 0.361. The van der Waals surface area contributed by atoms with E-state index < -0.39 is 9.17 Å². The molecule has 0 bridgehead atoms. The van der Waals surface area contributed by atoms with Crippen LogP contribution in [-0.4, -0.2) is 19.2 Å². The number of hydrogen-bond acceptors (Lipinski definition) is 3. The summed E-state index contributed by atoms with van der Waals surface area (Å²) in [5.41, 5.74) is 0. The molecule has 0 aromatic carbocycles. The molecule has 0 aliphatic carbocycles. The van der Waals surface area contributed by atoms with Gasteiger partial charge >= 0.3 is 9.17 Å². The summed E-state index contributed by atoms with van der Waals surface area (Å²) in [6.45, 7) is 0. The van der Waals surface area contributed by atoms with Crippen LogP contribution in [0.2, 0.25) is 0 Å². The molecule has 34 valence electrons. The average molecular weight is 273 g/mol. The van der Waals surface area contributed by atoms with Crippen molar-refractivity contribution in [1.29, 1.82) is 0 Å². The van der Waals surface area contributed by atoms with Crippen molar-refractivity contribution in [3.63, 3.8) is 0 Å². The maximum absolute atomic E-state index is 9.08. The van der Waals surface area contributed by atoms with Gasteiger partial charge in [-0.1, -0.05) is 0 Å². The molecule has 2 N–H and O–H groups in total. The first-order valence-electron chi connectivity index (χ1n) is 0.814. The second-order valence-electron chi connectivity index (χ2n) is 0.357. The standard InChI is InChI=1S/Hf.H2O4Si/c;1-4-5(2)3/h;1-2H. The van der Waals surface area contributed by atoms with E-state index in [1.54, 1.807) is 0 Å². The van der Waals surface area contributed by atoms with Gasteiger partial charge in [0.1, 0.15) is 0 Å². The van der Waals surface area contributed by atoms with Crippen LogP contribution >= 0.6 is 0 Å². The molecule has 0 amide bonds. The van der Waals surface area contributed by atoms with E-state index in [1.807, 2.05) is 0 Å². The molecule has 0 atom stereocenters. The minimum absolute atomic E-state index is 0. The third kappa shape index (κ3) is 8.82. The molecule has 4 nitrogen and oxygen atoms in total. The third-order valence-corrected chi connectivity index (χ3v) is 0.234. The van der Waals surface area contributed by atoms with Crippen LogP contribution in [0.4, 0.5) is 0 Å². The normalized spacial score (nSPS) is 5.50. The first-order chi connectivity index (χ1) is 2.27. The monoisotopic (exact) mass is 274 g/mol. The van der Waals surface area contributed by atoms with Crippen LogP contribution < -0.4 is 0 Å². The van der Waals surface area contributed by atoms with Gasteiger partial charge in [-0.05, 0) is 0 Å². The Labute approximate surface area is 54.4 Å². The largest absolute Gasteiger partial charge is 0.798 e. The van der Waals surface area contributed by atoms with Crippen LogP contribution in [0.3, 0.4) is 0 Å². The van der Waals surface area contributed by atoms with E-state index >= 15 is 0 Å². The zero-order valence-corrected chi connectivity index (χ0v) is 7.30. The summed E-state index contributed by atoms with van der Waals surface area (Å²) >= 11 is 0. The molecule has 0 saturated heterocycles. The van der Waals surface area contributed by atoms with Crippen LogP contribution in [-0.2, 0) is 34.9 Å². The van der Waals surface area contributed by atoms with Crippen LogP contribution in [0.5, 0.6) is 0 Å². The maximum Gasteiger partial charge on any atom is 0.798 e. The minimum Gasteiger partial charge on any atom is -0.510 e. The molecule has 0 aliphatic rings. The van der Waals surface area contributed by atoms with Crippen LogP contribution in [0.25, 0.3) is 0 Å². The maximum atomic E-state index is 9.08. The summed E-state index contributed by atoms with van der Waals surface area (Å²) < 4.78 is 11.9. The van der Waals surface area contributed by atoms with Crippen molar-refractivity contribution >= 4 is 9.17 Å². The zero-order valence-electron chi connectivity index (χ0n) is 2.71. The molecule has 0 aliphatic heterocycles. The average Bonchev–Trinajstić information content (AvgIpc) is 1.38. The topological polar surface area (TPSA) is 66.8 Å². The summed E-state index contributed by atoms with van der Waals surface area (Å²) in [5, 5.41) is 7.13. The molecule has 6 heavy (non-hydrogen) atoms. The van der Waals surface area contributed by atoms with Gasteiger partial charge in [-0.2, -0.15) is 0 Å². The van der Waals surface area contributed by atoms with Crippen LogP contribution in [0.15, 0.2) is 0 Å². The predicted molar refractivity (Wildman–Crippen MR) is 12.4 cm³/mol. The van der Waals surface area contributed by atoms with E-state index in [9.17, 15) is 0 Å². The van der Waals surface area contributed by atoms with Gasteiger partial charge < -0.3 is 9.37 Å². The first kappa shape index (κ1) is 9.67. The molecule has 0 heterocycles. The van der Waals surface area contributed by atoms with Crippen molar-refractivity contribution in [3.05, 3.63) is 0 Å². The van der Waals surface area contributed by atoms with Crippen molar-refractivity contribution < 1.29 is 44.9 Å². The van der Waals surface area contributed by atoms with E-state index in [4.69, 9.17) is 14.5 Å². The van der Waals surface area contributed by atoms with Crippen molar-refractivity contribution in [2.75, 3.05) is 0 Å². The van der Waals surface area contributed by atoms with E-state index in [-0.39, 0.29) is 25.8 Å². The molecule has 0 saturated carbocycles. The van der Waals surface area contributed by atoms with E-state index in [1.165, 1.54) is 0 Å². The van der Waals surface area contributed by atoms with Gasteiger partial charge in [-0.15, -0.1) is 0 Å². The Hall–Kier alpha value is 0.447. The van der Waals surface area contributed by atoms with Gasteiger partial charge in [0, 0.05) is 25.8 Å². The van der Waals surface area contributed by atoms with Gasteiger partial charge in [0.15, 0.2) is 0 Å². The van der Waals surface area contributed by atoms with Gasteiger partial charge in [0.05, 0.1) is 0 Å². The Morgan fingerprint density at radius 1 is 1.67 bits per heavy atom. The first-order valence-corrected chi connectivity index (χ1v) is 2.08. The molecule has 0 fully saturated rings. The molecule has 0 aromatic rings. The second-order valence-corrected chi connectivity index (χ2v) is 1.07. The summed E-state index contributed by atoms with van der Waals surface area (Å²) in [6, 6.07) is 0. The van der Waals surface area contributed by atoms with Gasteiger partial charge in [0.2, 0.25) is 0 Å². The summed E-state index contributed by atoms with van der Waals surface area (Å²) in [5.74, 6) is 0. The molecule has 0 spiro atoms. The van der Waals surface area contributed by atoms with Crippen molar-refractivity contribution in [1.82, 2.24) is 0 Å². The van der Waals surface area contributed by atoms with Crippen molar-refractivity contribution in [3.8, 4) is 0 Å². The van der Waals surface area contributed by atoms with Crippen molar-refractivity contribution in [2.24, 2.45) is 0 Å². The molecular formula is H2HfO4Si. The Balaban J connectivity index is 0. The molecule has 0 rings (SSSR count). The SMILES string of the molecule is O=[Si](O)OO.[Hf]. The summed E-state index contributed by atoms with van der Waals surface area (Å²) in [4.78, 5) is 7.44. The fraction of sp³-hybridized carbons (Fsp3) is 0. The van der Waals surface area contributed by atoms with Gasteiger partial charge in [-0.25, -0.2) is 5.26 Å². The smallest absolute Gasteiger partial charge is 0.510 e. The summed E-state index contributed by atoms with van der Waals surface area (Å²) in [7, 11) is -3.07. The van der Waals surface area contributed by atoms with Crippen LogP contribution in [0.1, 0.15) is 0 Å². The Morgan fingerprint density at radius 2 is 1.83 bits per heavy atom. The van der Waals surface area contributed by atoms with Gasteiger partial charge in [-0.3, -0.25) is 4.46 Å². The molecular weight excluding hydrogens is 271 g/mol. The van der Waals surface area contributed by atoms with Crippen molar-refractivity contribution in [2.45, 2.75) is 0 Å². The zero-order chi connectivity index (χ0) is 4.28. The van der Waals surface area contributed by atoms with E-state index in [0.29, 0.717) is 0 Å². The second kappa shape index (κ2) is 5.45.